The first-order valence-corrected chi connectivity index (χ1v) is 9.43. The second-order valence-corrected chi connectivity index (χ2v) is 6.90. The molecular formula is C22H21F2N3O4. The molecule has 0 saturated carbocycles. The van der Waals surface area contributed by atoms with Gasteiger partial charge in [0.1, 0.15) is 17.1 Å². The van der Waals surface area contributed by atoms with Crippen molar-refractivity contribution in [3.05, 3.63) is 69.3 Å². The molecule has 3 N–H and O–H groups in total. The number of aromatic hydroxyl groups is 1. The van der Waals surface area contributed by atoms with Crippen molar-refractivity contribution < 1.29 is 23.4 Å². The van der Waals surface area contributed by atoms with E-state index < -0.39 is 18.0 Å². The first-order valence-electron chi connectivity index (χ1n) is 9.43. The van der Waals surface area contributed by atoms with Crippen LogP contribution < -0.4 is 11.3 Å². The van der Waals surface area contributed by atoms with Crippen molar-refractivity contribution in [1.82, 2.24) is 9.55 Å². The molecule has 2 aromatic heterocycles. The predicted octanol–water partition coefficient (Wildman–Crippen LogP) is 3.92. The third-order valence-electron chi connectivity index (χ3n) is 4.88. The largest absolute Gasteiger partial charge is 0.508 e. The number of carbonyl (C=O) groups excluding carboxylic acids is 1. The summed E-state index contributed by atoms with van der Waals surface area (Å²) in [4.78, 5) is 29.8. The molecule has 0 fully saturated rings. The summed E-state index contributed by atoms with van der Waals surface area (Å²) in [6, 6.07) is 5.42. The van der Waals surface area contributed by atoms with Gasteiger partial charge in [0.05, 0.1) is 17.9 Å². The highest BCUT2D eigenvalue weighted by Gasteiger charge is 2.23. The van der Waals surface area contributed by atoms with Crippen LogP contribution in [0.4, 0.5) is 14.6 Å². The maximum Gasteiger partial charge on any atom is 0.341 e. The van der Waals surface area contributed by atoms with Gasteiger partial charge in [0.2, 0.25) is 0 Å². The second kappa shape index (κ2) is 8.55. The van der Waals surface area contributed by atoms with Crippen molar-refractivity contribution >= 4 is 11.8 Å². The third-order valence-corrected chi connectivity index (χ3v) is 4.88. The molecule has 31 heavy (non-hydrogen) atoms. The maximum atomic E-state index is 13.5. The number of alkyl halides is 2. The number of benzene rings is 1. The van der Waals surface area contributed by atoms with Crippen LogP contribution in [-0.4, -0.2) is 27.2 Å². The summed E-state index contributed by atoms with van der Waals surface area (Å²) in [7, 11) is 0. The average Bonchev–Trinajstić information content (AvgIpc) is 2.73. The van der Waals surface area contributed by atoms with E-state index in [0.29, 0.717) is 11.1 Å². The fourth-order valence-corrected chi connectivity index (χ4v) is 3.32. The number of nitrogens with two attached hydrogens (primary N) is 1. The summed E-state index contributed by atoms with van der Waals surface area (Å²) < 4.78 is 32.5. The van der Waals surface area contributed by atoms with Gasteiger partial charge in [0, 0.05) is 29.1 Å². The fraction of sp³-hybridized carbons (Fsp3) is 0.227. The summed E-state index contributed by atoms with van der Waals surface area (Å²) in [5.74, 6) is -1.04. The Bertz CT molecular complexity index is 1220. The van der Waals surface area contributed by atoms with E-state index in [1.54, 1.807) is 26.8 Å². The van der Waals surface area contributed by atoms with E-state index in [0.717, 1.165) is 16.8 Å². The Balaban J connectivity index is 2.42. The number of phenols is 1. The van der Waals surface area contributed by atoms with Gasteiger partial charge in [0.15, 0.2) is 0 Å². The topological polar surface area (TPSA) is 107 Å². The zero-order chi connectivity index (χ0) is 22.9. The Morgan fingerprint density at radius 1 is 1.26 bits per heavy atom. The number of hydrogen-bond donors (Lipinski definition) is 2. The number of anilines is 1. The molecule has 0 spiro atoms. The Morgan fingerprint density at radius 2 is 1.97 bits per heavy atom. The Labute approximate surface area is 176 Å². The molecule has 0 bridgehead atoms. The normalized spacial score (nSPS) is 11.0. The molecule has 2 heterocycles. The van der Waals surface area contributed by atoms with E-state index >= 15 is 0 Å². The minimum Gasteiger partial charge on any atom is -0.508 e. The molecule has 3 aromatic rings. The first-order chi connectivity index (χ1) is 14.7. The van der Waals surface area contributed by atoms with Crippen LogP contribution in [0.3, 0.4) is 0 Å². The number of phenolic OH excluding ortho intramolecular Hbond substituents is 1. The van der Waals surface area contributed by atoms with Crippen molar-refractivity contribution in [2.45, 2.75) is 27.2 Å². The van der Waals surface area contributed by atoms with Crippen molar-refractivity contribution in [3.63, 3.8) is 0 Å². The first kappa shape index (κ1) is 21.9. The average molecular weight is 429 g/mol. The number of halogens is 2. The number of esters is 1. The van der Waals surface area contributed by atoms with Gasteiger partial charge in [-0.3, -0.25) is 14.3 Å². The Hall–Kier alpha value is -3.75. The van der Waals surface area contributed by atoms with Crippen LogP contribution in [0.15, 0.2) is 41.5 Å². The van der Waals surface area contributed by atoms with Gasteiger partial charge in [-0.1, -0.05) is 6.07 Å². The number of rotatable bonds is 5. The molecule has 0 aliphatic carbocycles. The Morgan fingerprint density at radius 3 is 2.61 bits per heavy atom. The van der Waals surface area contributed by atoms with E-state index in [1.165, 1.54) is 18.3 Å². The highest BCUT2D eigenvalue weighted by Crippen LogP contribution is 2.31. The van der Waals surface area contributed by atoms with Gasteiger partial charge in [-0.15, -0.1) is 0 Å². The second-order valence-electron chi connectivity index (χ2n) is 6.90. The fourth-order valence-electron chi connectivity index (χ4n) is 3.32. The number of aromatic nitrogens is 2. The molecule has 162 valence electrons. The molecule has 0 aliphatic rings. The lowest BCUT2D eigenvalue weighted by Crippen LogP contribution is -2.27. The minimum atomic E-state index is -2.79. The van der Waals surface area contributed by atoms with Crippen molar-refractivity contribution in [1.29, 1.82) is 0 Å². The molecule has 0 aliphatic heterocycles. The quantitative estimate of drug-likeness (QED) is 0.596. The van der Waals surface area contributed by atoms with Gasteiger partial charge in [-0.25, -0.2) is 13.6 Å². The van der Waals surface area contributed by atoms with Gasteiger partial charge in [0.25, 0.3) is 12.0 Å². The highest BCUT2D eigenvalue weighted by atomic mass is 19.3. The lowest BCUT2D eigenvalue weighted by Gasteiger charge is -2.19. The summed E-state index contributed by atoms with van der Waals surface area (Å²) in [5, 5.41) is 10.2. The summed E-state index contributed by atoms with van der Waals surface area (Å²) in [6.45, 7) is 4.99. The van der Waals surface area contributed by atoms with E-state index in [4.69, 9.17) is 10.5 Å². The van der Waals surface area contributed by atoms with Gasteiger partial charge in [-0.2, -0.15) is 0 Å². The molecule has 9 heteroatoms. The molecule has 0 amide bonds. The monoisotopic (exact) mass is 429 g/mol. The molecule has 3 rings (SSSR count). The molecule has 0 saturated heterocycles. The van der Waals surface area contributed by atoms with Crippen LogP contribution >= 0.6 is 0 Å². The van der Waals surface area contributed by atoms with Crippen LogP contribution in [-0.2, 0) is 4.74 Å². The highest BCUT2D eigenvalue weighted by molar-refractivity contribution is 5.96. The Kier molecular flexibility index (Phi) is 6.05. The predicted molar refractivity (Wildman–Crippen MR) is 112 cm³/mol. The standard InChI is InChI=1S/C22H21F2N3O4/c1-4-31-22(30)16-8-15(13-7-14(19(23)24)10-26-9-13)21(29)27(20(16)25)18-11(2)5-6-17(28)12(18)3/h5-10,19,28H,4,25H2,1-3H3. The SMILES string of the molecule is CCOC(=O)c1cc(-c2cncc(C(F)F)c2)c(=O)n(-c2c(C)ccc(O)c2C)c1N. The zero-order valence-electron chi connectivity index (χ0n) is 17.1. The zero-order valence-corrected chi connectivity index (χ0v) is 17.1. The molecule has 0 atom stereocenters. The smallest absolute Gasteiger partial charge is 0.341 e. The summed E-state index contributed by atoms with van der Waals surface area (Å²) >= 11 is 0. The minimum absolute atomic E-state index is 0.0607. The third kappa shape index (κ3) is 3.98. The van der Waals surface area contributed by atoms with E-state index in [2.05, 4.69) is 4.98 Å². The molecular weight excluding hydrogens is 408 g/mol. The van der Waals surface area contributed by atoms with E-state index in [1.807, 2.05) is 0 Å². The summed E-state index contributed by atoms with van der Waals surface area (Å²) in [5.41, 5.74) is 6.35. The number of hydrogen-bond acceptors (Lipinski definition) is 6. The number of carbonyl (C=O) groups is 1. The summed E-state index contributed by atoms with van der Waals surface area (Å²) in [6.07, 6.45) is -0.538. The lowest BCUT2D eigenvalue weighted by atomic mass is 10.0. The van der Waals surface area contributed by atoms with Crippen LogP contribution in [0.1, 0.15) is 40.4 Å². The molecule has 7 nitrogen and oxygen atoms in total. The van der Waals surface area contributed by atoms with Gasteiger partial charge >= 0.3 is 5.97 Å². The van der Waals surface area contributed by atoms with Crippen molar-refractivity contribution in [2.75, 3.05) is 12.3 Å². The number of nitrogen functional groups attached to an aromatic ring is 1. The number of aryl methyl sites for hydroxylation is 1. The maximum absolute atomic E-state index is 13.5. The lowest BCUT2D eigenvalue weighted by molar-refractivity contribution is 0.0527. The van der Waals surface area contributed by atoms with Gasteiger partial charge < -0.3 is 15.6 Å². The number of nitrogens with zero attached hydrogens (tertiary/aromatic N) is 2. The van der Waals surface area contributed by atoms with Crippen molar-refractivity contribution in [2.24, 2.45) is 0 Å². The number of ether oxygens (including phenoxy) is 1. The molecule has 1 aromatic carbocycles. The van der Waals surface area contributed by atoms with Crippen LogP contribution in [0, 0.1) is 13.8 Å². The van der Waals surface area contributed by atoms with Crippen LogP contribution in [0.5, 0.6) is 5.75 Å². The molecule has 0 unspecified atom stereocenters. The van der Waals surface area contributed by atoms with Crippen molar-refractivity contribution in [3.8, 4) is 22.6 Å². The van der Waals surface area contributed by atoms with E-state index in [9.17, 15) is 23.5 Å². The van der Waals surface area contributed by atoms with Gasteiger partial charge in [-0.05, 0) is 44.5 Å². The van der Waals surface area contributed by atoms with Crippen LogP contribution in [0.25, 0.3) is 16.8 Å². The van der Waals surface area contributed by atoms with E-state index in [-0.39, 0.29) is 46.1 Å². The number of pyridine rings is 2. The molecule has 0 radical (unpaired) electrons. The van der Waals surface area contributed by atoms with Crippen LogP contribution in [0.2, 0.25) is 0 Å².